The van der Waals surface area contributed by atoms with Crippen LogP contribution in [0.25, 0.3) is 5.69 Å². The fourth-order valence-electron chi connectivity index (χ4n) is 5.54. The standard InChI is InChI=1S/C26H33FN6OS/c1-18-11-13-31(14-12-18)25-28-29-26(32(25)16-21-4-3-15-34-21)35-17-23-22-5-2-6-24(22)33(30-23)20-9-7-19(27)8-10-20/h7-10,18,21H,2-6,11-17H2,1H3. The minimum atomic E-state index is -0.224. The third kappa shape index (κ3) is 4.72. The Kier molecular flexibility index (Phi) is 6.54. The van der Waals surface area contributed by atoms with Crippen molar-refractivity contribution in [1.29, 1.82) is 0 Å². The molecule has 6 rings (SSSR count). The van der Waals surface area contributed by atoms with Crippen molar-refractivity contribution in [2.45, 2.75) is 75.4 Å². The smallest absolute Gasteiger partial charge is 0.228 e. The van der Waals surface area contributed by atoms with Gasteiger partial charge in [-0.05, 0) is 80.7 Å². The molecule has 3 aromatic rings. The number of anilines is 1. The summed E-state index contributed by atoms with van der Waals surface area (Å²) in [6.45, 7) is 6.05. The molecule has 2 aliphatic heterocycles. The Bertz CT molecular complexity index is 1160. The lowest BCUT2D eigenvalue weighted by atomic mass is 10.00. The van der Waals surface area contributed by atoms with E-state index in [1.54, 1.807) is 11.8 Å². The fourth-order valence-corrected chi connectivity index (χ4v) is 6.45. The Hall–Kier alpha value is -2.39. The Labute approximate surface area is 210 Å². The quantitative estimate of drug-likeness (QED) is 0.438. The normalized spacial score (nSPS) is 20.6. The lowest BCUT2D eigenvalue weighted by Gasteiger charge is -2.31. The number of rotatable bonds is 7. The second-order valence-electron chi connectivity index (χ2n) is 10.1. The van der Waals surface area contributed by atoms with Crippen LogP contribution < -0.4 is 4.90 Å². The summed E-state index contributed by atoms with van der Waals surface area (Å²) >= 11 is 1.72. The molecule has 0 N–H and O–H groups in total. The molecule has 0 saturated carbocycles. The van der Waals surface area contributed by atoms with Crippen LogP contribution in [0.5, 0.6) is 0 Å². The topological polar surface area (TPSA) is 61.0 Å². The molecular formula is C26H33FN6OS. The largest absolute Gasteiger partial charge is 0.376 e. The summed E-state index contributed by atoms with van der Waals surface area (Å²) in [5.41, 5.74) is 4.63. The summed E-state index contributed by atoms with van der Waals surface area (Å²) in [6, 6.07) is 6.62. The van der Waals surface area contributed by atoms with Gasteiger partial charge in [0.05, 0.1) is 24.0 Å². The summed E-state index contributed by atoms with van der Waals surface area (Å²) in [5, 5.41) is 15.2. The summed E-state index contributed by atoms with van der Waals surface area (Å²) < 4.78 is 23.7. The highest BCUT2D eigenvalue weighted by atomic mass is 32.2. The summed E-state index contributed by atoms with van der Waals surface area (Å²) in [7, 11) is 0. The first kappa shape index (κ1) is 23.0. The molecule has 0 bridgehead atoms. The van der Waals surface area contributed by atoms with Crippen molar-refractivity contribution in [2.24, 2.45) is 5.92 Å². The molecule has 1 atom stereocenters. The molecular weight excluding hydrogens is 463 g/mol. The molecule has 2 saturated heterocycles. The number of hydrogen-bond donors (Lipinski definition) is 0. The number of thioether (sulfide) groups is 1. The third-order valence-electron chi connectivity index (χ3n) is 7.60. The van der Waals surface area contributed by atoms with E-state index in [4.69, 9.17) is 9.84 Å². The van der Waals surface area contributed by atoms with Crippen LogP contribution in [-0.4, -0.2) is 50.3 Å². The Balaban J connectivity index is 1.25. The predicted octanol–water partition coefficient (Wildman–Crippen LogP) is 4.80. The minimum absolute atomic E-state index is 0.224. The first-order valence-corrected chi connectivity index (χ1v) is 13.9. The number of nitrogens with zero attached hydrogens (tertiary/aromatic N) is 6. The van der Waals surface area contributed by atoms with Gasteiger partial charge in [-0.2, -0.15) is 5.10 Å². The van der Waals surface area contributed by atoms with E-state index in [0.717, 1.165) is 92.5 Å². The summed E-state index contributed by atoms with van der Waals surface area (Å²) in [4.78, 5) is 2.40. The predicted molar refractivity (Wildman–Crippen MR) is 135 cm³/mol. The fraction of sp³-hybridized carbons (Fsp3) is 0.577. The van der Waals surface area contributed by atoms with Crippen LogP contribution >= 0.6 is 11.8 Å². The maximum absolute atomic E-state index is 13.5. The van der Waals surface area contributed by atoms with Crippen LogP contribution in [-0.2, 0) is 29.9 Å². The Morgan fingerprint density at radius 3 is 2.66 bits per heavy atom. The number of ether oxygens (including phenoxy) is 1. The van der Waals surface area contributed by atoms with Gasteiger partial charge in [0.15, 0.2) is 5.16 Å². The van der Waals surface area contributed by atoms with E-state index in [0.29, 0.717) is 0 Å². The van der Waals surface area contributed by atoms with Crippen LogP contribution in [0.1, 0.15) is 56.0 Å². The van der Waals surface area contributed by atoms with Gasteiger partial charge >= 0.3 is 0 Å². The number of fused-ring (bicyclic) bond motifs is 1. The van der Waals surface area contributed by atoms with Gasteiger partial charge < -0.3 is 9.64 Å². The second-order valence-corrected chi connectivity index (χ2v) is 11.0. The molecule has 1 aromatic carbocycles. The van der Waals surface area contributed by atoms with Crippen molar-refractivity contribution >= 4 is 17.7 Å². The SMILES string of the molecule is CC1CCN(c2nnc(SCc3nn(-c4ccc(F)cc4)c4c3CCC4)n2CC2CCCO2)CC1. The highest BCUT2D eigenvalue weighted by molar-refractivity contribution is 7.98. The van der Waals surface area contributed by atoms with Crippen LogP contribution in [0.3, 0.4) is 0 Å². The Morgan fingerprint density at radius 1 is 1.06 bits per heavy atom. The number of benzene rings is 1. The van der Waals surface area contributed by atoms with Crippen LogP contribution in [0, 0.1) is 11.7 Å². The molecule has 2 fully saturated rings. The molecule has 7 nitrogen and oxygen atoms in total. The van der Waals surface area contributed by atoms with Crippen molar-refractivity contribution < 1.29 is 9.13 Å². The zero-order valence-corrected chi connectivity index (χ0v) is 21.1. The highest BCUT2D eigenvalue weighted by Crippen LogP contribution is 2.33. The lowest BCUT2D eigenvalue weighted by molar-refractivity contribution is 0.0951. The molecule has 0 radical (unpaired) electrons. The van der Waals surface area contributed by atoms with Gasteiger partial charge in [-0.15, -0.1) is 10.2 Å². The number of piperidine rings is 1. The second kappa shape index (κ2) is 9.93. The van der Waals surface area contributed by atoms with Gasteiger partial charge in [0.2, 0.25) is 5.95 Å². The average Bonchev–Trinajstić information content (AvgIpc) is 3.66. The molecule has 4 heterocycles. The van der Waals surface area contributed by atoms with Crippen molar-refractivity contribution in [3.05, 3.63) is 47.0 Å². The van der Waals surface area contributed by atoms with Gasteiger partial charge in [0, 0.05) is 31.1 Å². The van der Waals surface area contributed by atoms with E-state index in [2.05, 4.69) is 26.6 Å². The first-order valence-electron chi connectivity index (χ1n) is 12.9. The molecule has 35 heavy (non-hydrogen) atoms. The van der Waals surface area contributed by atoms with Gasteiger partial charge in [-0.3, -0.25) is 4.57 Å². The van der Waals surface area contributed by atoms with E-state index in [1.165, 1.54) is 36.2 Å². The molecule has 1 aliphatic carbocycles. The van der Waals surface area contributed by atoms with E-state index in [1.807, 2.05) is 16.8 Å². The van der Waals surface area contributed by atoms with Gasteiger partial charge in [-0.25, -0.2) is 9.07 Å². The van der Waals surface area contributed by atoms with Crippen molar-refractivity contribution in [1.82, 2.24) is 24.5 Å². The summed E-state index contributed by atoms with van der Waals surface area (Å²) in [5.74, 6) is 2.28. The molecule has 3 aliphatic rings. The summed E-state index contributed by atoms with van der Waals surface area (Å²) in [6.07, 6.45) is 8.04. The van der Waals surface area contributed by atoms with Gasteiger partial charge in [0.25, 0.3) is 0 Å². The van der Waals surface area contributed by atoms with Gasteiger partial charge in [0.1, 0.15) is 5.82 Å². The molecule has 186 valence electrons. The molecule has 0 spiro atoms. The van der Waals surface area contributed by atoms with Crippen molar-refractivity contribution in [3.8, 4) is 5.69 Å². The number of hydrogen-bond acceptors (Lipinski definition) is 6. The maximum atomic E-state index is 13.5. The Morgan fingerprint density at radius 2 is 1.89 bits per heavy atom. The van der Waals surface area contributed by atoms with E-state index in [9.17, 15) is 4.39 Å². The van der Waals surface area contributed by atoms with E-state index >= 15 is 0 Å². The van der Waals surface area contributed by atoms with E-state index in [-0.39, 0.29) is 11.9 Å². The van der Waals surface area contributed by atoms with Crippen LogP contribution in [0.4, 0.5) is 10.3 Å². The van der Waals surface area contributed by atoms with Crippen molar-refractivity contribution in [2.75, 3.05) is 24.6 Å². The number of halogens is 1. The van der Waals surface area contributed by atoms with Gasteiger partial charge in [-0.1, -0.05) is 18.7 Å². The zero-order chi connectivity index (χ0) is 23.8. The first-order chi connectivity index (χ1) is 17.2. The highest BCUT2D eigenvalue weighted by Gasteiger charge is 2.27. The monoisotopic (exact) mass is 496 g/mol. The number of aromatic nitrogens is 5. The minimum Gasteiger partial charge on any atom is -0.376 e. The molecule has 2 aromatic heterocycles. The molecule has 9 heteroatoms. The average molecular weight is 497 g/mol. The van der Waals surface area contributed by atoms with Crippen molar-refractivity contribution in [3.63, 3.8) is 0 Å². The van der Waals surface area contributed by atoms with E-state index < -0.39 is 0 Å². The van der Waals surface area contributed by atoms with Crippen LogP contribution in [0.2, 0.25) is 0 Å². The lowest BCUT2D eigenvalue weighted by Crippen LogP contribution is -2.35. The molecule has 0 amide bonds. The maximum Gasteiger partial charge on any atom is 0.228 e. The zero-order valence-electron chi connectivity index (χ0n) is 20.3. The third-order valence-corrected chi connectivity index (χ3v) is 8.57. The van der Waals surface area contributed by atoms with Crippen LogP contribution in [0.15, 0.2) is 29.4 Å². The molecule has 1 unspecified atom stereocenters.